The molecule has 12 nitrogen and oxygen atoms in total. The summed E-state index contributed by atoms with van der Waals surface area (Å²) in [5.74, 6) is -6.80. The number of rotatable bonds is 7. The summed E-state index contributed by atoms with van der Waals surface area (Å²) in [6.45, 7) is 14.4. The lowest BCUT2D eigenvalue weighted by Crippen LogP contribution is -2.71. The fourth-order valence-corrected chi connectivity index (χ4v) is 16.0. The lowest BCUT2D eigenvalue weighted by molar-refractivity contribution is -0.249. The van der Waals surface area contributed by atoms with Gasteiger partial charge in [-0.1, -0.05) is 45.4 Å². The van der Waals surface area contributed by atoms with Gasteiger partial charge in [-0.05, 0) is 114 Å². The minimum absolute atomic E-state index is 0.0285. The quantitative estimate of drug-likeness (QED) is 0.197. The van der Waals surface area contributed by atoms with Crippen LogP contribution < -0.4 is 0 Å². The lowest BCUT2D eigenvalue weighted by atomic mass is 9.44. The van der Waals surface area contributed by atoms with Crippen LogP contribution in [0.4, 0.5) is 13.2 Å². The number of carbonyl (C=O) groups excluding carboxylic acids is 6. The summed E-state index contributed by atoms with van der Waals surface area (Å²) >= 11 is 6.01. The molecular weight excluding hydrogens is 897 g/mol. The molecule has 2 N–H and O–H groups in total. The summed E-state index contributed by atoms with van der Waals surface area (Å²) < 4.78 is 73.4. The van der Waals surface area contributed by atoms with Gasteiger partial charge in [-0.3, -0.25) is 28.8 Å². The molecule has 6 saturated carbocycles. The number of halogens is 4. The molecule has 16 heteroatoms. The summed E-state index contributed by atoms with van der Waals surface area (Å²) in [6.07, 6.45) is 4.32. The van der Waals surface area contributed by atoms with Gasteiger partial charge in [-0.15, -0.1) is 11.6 Å². The van der Waals surface area contributed by atoms with Gasteiger partial charge in [0.15, 0.2) is 52.3 Å². The van der Waals surface area contributed by atoms with Gasteiger partial charge < -0.3 is 29.2 Å². The van der Waals surface area contributed by atoms with E-state index in [1.54, 1.807) is 40.7 Å². The van der Waals surface area contributed by atoms with Crippen LogP contribution >= 0.6 is 11.6 Å². The predicted molar refractivity (Wildman–Crippen MR) is 236 cm³/mol. The van der Waals surface area contributed by atoms with E-state index in [1.807, 2.05) is 13.8 Å². The van der Waals surface area contributed by atoms with Gasteiger partial charge in [-0.25, -0.2) is 13.2 Å². The molecule has 0 bridgehead atoms. The number of allylic oxidation sites excluding steroid dienone is 8. The number of hydrogen-bond donors (Lipinski definition) is 2. The molecule has 1 saturated heterocycles. The Hall–Kier alpha value is -3.50. The highest BCUT2D eigenvalue weighted by Gasteiger charge is 2.81. The minimum Gasteiger partial charge on any atom is -0.458 e. The monoisotopic (exact) mass is 960 g/mol. The normalized spacial score (nSPS) is 48.4. The second-order valence-corrected chi connectivity index (χ2v) is 22.4. The third-order valence-corrected chi connectivity index (χ3v) is 19.0. The van der Waals surface area contributed by atoms with Crippen molar-refractivity contribution in [3.05, 3.63) is 47.6 Å². The summed E-state index contributed by atoms with van der Waals surface area (Å²) in [6, 6.07) is 0. The van der Waals surface area contributed by atoms with Crippen molar-refractivity contribution < 1.29 is 71.1 Å². The molecule has 1 heterocycles. The van der Waals surface area contributed by atoms with Gasteiger partial charge in [0.05, 0.1) is 24.2 Å². The van der Waals surface area contributed by atoms with Gasteiger partial charge in [0.1, 0.15) is 6.17 Å². The number of fused-ring (bicyclic) bond motifs is 12. The number of ketones is 4. The molecule has 9 aliphatic rings. The van der Waals surface area contributed by atoms with Gasteiger partial charge in [0.2, 0.25) is 5.78 Å². The minimum atomic E-state index is -2.27. The summed E-state index contributed by atoms with van der Waals surface area (Å²) in [5.41, 5.74) is -11.3. The molecule has 67 heavy (non-hydrogen) atoms. The number of Topliss-reactive ketones (excluding diaryl/α,β-unsaturated/α-hetero) is 2. The SMILES string of the molecule is CC(=O)OCC(=O)[C@@]12OC(C)(C)O[C@@H]1C[C@H]1[C@@H]3C[C@H](F)C4=CC(=O)C=C[C@]4(C)[C@@]3(F)[C@@H](O)C[C@@]12C.CCC(=O)O[C@]1(C(=O)CCl)[C@@H](C)C[C@H]2[C@@H]3CCC4=CC(=O)C=C[C@]4(C)[C@@]3(F)[C@@H](O)C[C@@]21C. The average molecular weight is 962 g/mol. The average Bonchev–Trinajstić information content (AvgIpc) is 3.76. The smallest absolute Gasteiger partial charge is 0.306 e. The van der Waals surface area contributed by atoms with Crippen LogP contribution in [0.1, 0.15) is 114 Å². The maximum Gasteiger partial charge on any atom is 0.306 e. The van der Waals surface area contributed by atoms with Gasteiger partial charge >= 0.3 is 11.9 Å². The third-order valence-electron chi connectivity index (χ3n) is 18.7. The van der Waals surface area contributed by atoms with Crippen molar-refractivity contribution in [3.63, 3.8) is 0 Å². The van der Waals surface area contributed by atoms with E-state index in [4.69, 9.17) is 30.5 Å². The van der Waals surface area contributed by atoms with Gasteiger partial charge in [0.25, 0.3) is 0 Å². The first-order chi connectivity index (χ1) is 31.0. The number of alkyl halides is 4. The number of esters is 2. The molecule has 1 aliphatic heterocycles. The van der Waals surface area contributed by atoms with E-state index in [9.17, 15) is 39.0 Å². The van der Waals surface area contributed by atoms with Crippen LogP contribution in [0.2, 0.25) is 0 Å². The molecule has 7 fully saturated rings. The van der Waals surface area contributed by atoms with Crippen molar-refractivity contribution in [2.75, 3.05) is 12.5 Å². The van der Waals surface area contributed by atoms with E-state index in [2.05, 4.69) is 0 Å². The van der Waals surface area contributed by atoms with Crippen LogP contribution in [-0.4, -0.2) is 111 Å². The Morgan fingerprint density at radius 2 is 1.40 bits per heavy atom. The number of aliphatic hydroxyl groups excluding tert-OH is 2. The van der Waals surface area contributed by atoms with Crippen LogP contribution in [0.5, 0.6) is 0 Å². The Morgan fingerprint density at radius 1 is 0.821 bits per heavy atom. The molecule has 0 aromatic carbocycles. The second kappa shape index (κ2) is 16.0. The molecular formula is C51H64ClF3O12. The Kier molecular flexibility index (Phi) is 11.9. The number of ether oxygens (including phenoxy) is 4. The van der Waals surface area contributed by atoms with E-state index >= 15 is 13.2 Å². The molecule has 368 valence electrons. The van der Waals surface area contributed by atoms with E-state index in [-0.39, 0.29) is 67.0 Å². The first-order valence-electron chi connectivity index (χ1n) is 23.7. The molecule has 0 spiro atoms. The standard InChI is InChI=1S/C26H32F2O7.C25H32ClFO5/c1-13(29)33-12-20(32)26-21(34-22(2,3)35-26)10-15-16-9-18(27)17-8-14(30)6-7-23(17,4)25(16,28)19(31)11-24(15,26)5;1-5-21(31)32-25(20(30)13-26)14(2)10-18-17-7-6-15-11-16(28)8-9-22(15,3)24(17,27)19(29)12-23(18,25)4/h6-8,15-16,18-19,21,31H,9-12H2,1-5H3;8-9,11,14,17-19,29H,5-7,10,12-13H2,1-4H3/t15-,16-,18-,19-,21+,23-,24-,25-,26+;14-,17-,18-,19-,22-,23-,24-,25-/m00/s1. The zero-order valence-corrected chi connectivity index (χ0v) is 40.5. The van der Waals surface area contributed by atoms with Crippen molar-refractivity contribution in [1.82, 2.24) is 0 Å². The highest BCUT2D eigenvalue weighted by atomic mass is 35.5. The molecule has 9 rings (SSSR count). The van der Waals surface area contributed by atoms with E-state index in [0.29, 0.717) is 24.8 Å². The molecule has 0 unspecified atom stereocenters. The topological polar surface area (TPSA) is 180 Å². The molecule has 0 aromatic heterocycles. The number of aliphatic hydroxyl groups is 2. The largest absolute Gasteiger partial charge is 0.458 e. The predicted octanol–water partition coefficient (Wildman–Crippen LogP) is 7.04. The Balaban J connectivity index is 0.000000182. The van der Waals surface area contributed by atoms with E-state index < -0.39 is 122 Å². The van der Waals surface area contributed by atoms with Crippen LogP contribution in [0.25, 0.3) is 0 Å². The Labute approximate surface area is 394 Å². The first kappa shape index (κ1) is 49.9. The van der Waals surface area contributed by atoms with E-state index in [1.165, 1.54) is 38.2 Å². The molecule has 8 aliphatic carbocycles. The maximum atomic E-state index is 17.3. The summed E-state index contributed by atoms with van der Waals surface area (Å²) in [5, 5.41) is 22.9. The van der Waals surface area contributed by atoms with Crippen molar-refractivity contribution in [3.8, 4) is 0 Å². The summed E-state index contributed by atoms with van der Waals surface area (Å²) in [4.78, 5) is 74.8. The van der Waals surface area contributed by atoms with Crippen LogP contribution in [0.3, 0.4) is 0 Å². The van der Waals surface area contributed by atoms with Crippen molar-refractivity contribution in [2.24, 2.45) is 51.2 Å². The maximum absolute atomic E-state index is 17.3. The zero-order chi connectivity index (χ0) is 49.5. The zero-order valence-electron chi connectivity index (χ0n) is 39.7. The lowest BCUT2D eigenvalue weighted by Gasteiger charge is -2.63. The van der Waals surface area contributed by atoms with Crippen molar-refractivity contribution >= 4 is 46.7 Å². The molecule has 17 atom stereocenters. The molecule has 0 amide bonds. The number of hydrogen-bond acceptors (Lipinski definition) is 12. The molecule has 0 radical (unpaired) electrons. The summed E-state index contributed by atoms with van der Waals surface area (Å²) in [7, 11) is 0. The highest BCUT2D eigenvalue weighted by Crippen LogP contribution is 2.74. The molecule has 0 aromatic rings. The number of carbonyl (C=O) groups is 6. The highest BCUT2D eigenvalue weighted by molar-refractivity contribution is 6.29. The van der Waals surface area contributed by atoms with Crippen LogP contribution in [0, 0.1) is 51.2 Å². The van der Waals surface area contributed by atoms with E-state index in [0.717, 1.165) is 6.08 Å². The third kappa shape index (κ3) is 6.44. The first-order valence-corrected chi connectivity index (χ1v) is 24.2. The van der Waals surface area contributed by atoms with Crippen LogP contribution in [0.15, 0.2) is 47.6 Å². The second-order valence-electron chi connectivity index (χ2n) is 22.2. The van der Waals surface area contributed by atoms with Crippen molar-refractivity contribution in [1.29, 1.82) is 0 Å². The fourth-order valence-electron chi connectivity index (χ4n) is 15.8. The Bertz CT molecular complexity index is 2310. The van der Waals surface area contributed by atoms with Crippen molar-refractivity contribution in [2.45, 2.75) is 166 Å². The fraction of sp³-hybridized carbons (Fsp3) is 0.725. The van der Waals surface area contributed by atoms with Crippen LogP contribution in [-0.2, 0) is 47.7 Å². The van der Waals surface area contributed by atoms with Gasteiger partial charge in [0, 0.05) is 52.8 Å². The van der Waals surface area contributed by atoms with Gasteiger partial charge in [-0.2, -0.15) is 0 Å². The Morgan fingerprint density at radius 3 is 2.01 bits per heavy atom.